The lowest BCUT2D eigenvalue weighted by Gasteiger charge is -2.01. The first-order valence-corrected chi connectivity index (χ1v) is 7.70. The summed E-state index contributed by atoms with van der Waals surface area (Å²) in [6.07, 6.45) is 5.61. The van der Waals surface area contributed by atoms with Crippen LogP contribution < -0.4 is 5.32 Å². The summed E-state index contributed by atoms with van der Waals surface area (Å²) in [7, 11) is 0. The summed E-state index contributed by atoms with van der Waals surface area (Å²) in [4.78, 5) is 20.3. The first kappa shape index (κ1) is 15.1. The lowest BCUT2D eigenvalue weighted by molar-refractivity contribution is -0.120. The molecule has 118 valence electrons. The predicted octanol–water partition coefficient (Wildman–Crippen LogP) is 2.74. The Labute approximate surface area is 133 Å². The lowest BCUT2D eigenvalue weighted by Crippen LogP contribution is -2.26. The van der Waals surface area contributed by atoms with E-state index in [1.54, 1.807) is 12.4 Å². The van der Waals surface area contributed by atoms with Crippen LogP contribution >= 0.6 is 0 Å². The zero-order valence-electron chi connectivity index (χ0n) is 13.0. The highest BCUT2D eigenvalue weighted by Gasteiger charge is 2.14. The third-order valence-corrected chi connectivity index (χ3v) is 3.54. The highest BCUT2D eigenvalue weighted by molar-refractivity contribution is 5.93. The molecule has 0 saturated carbocycles. The molecule has 0 saturated heterocycles. The minimum absolute atomic E-state index is 0.0955. The molecule has 1 amide bonds. The van der Waals surface area contributed by atoms with Gasteiger partial charge in [0.15, 0.2) is 5.82 Å². The molecule has 0 radical (unpaired) electrons. The number of amides is 1. The Kier molecular flexibility index (Phi) is 4.61. The normalized spacial score (nSPS) is 10.8. The number of nitrogens with zero attached hydrogens (tertiary/aromatic N) is 3. The maximum absolute atomic E-state index is 11.8. The molecule has 0 bridgehead atoms. The van der Waals surface area contributed by atoms with Crippen LogP contribution in [0.1, 0.15) is 25.6 Å². The number of fused-ring (bicyclic) bond motifs is 1. The summed E-state index contributed by atoms with van der Waals surface area (Å²) in [6.45, 7) is 2.75. The van der Waals surface area contributed by atoms with Gasteiger partial charge in [-0.05, 0) is 11.8 Å². The number of hydrogen-bond donors (Lipinski definition) is 1. The van der Waals surface area contributed by atoms with Crippen molar-refractivity contribution in [3.05, 3.63) is 42.5 Å². The molecular weight excluding hydrogens is 292 g/mol. The Morgan fingerprint density at radius 1 is 1.26 bits per heavy atom. The van der Waals surface area contributed by atoms with Crippen LogP contribution in [-0.2, 0) is 11.2 Å². The first-order chi connectivity index (χ1) is 11.3. The number of benzene rings is 1. The van der Waals surface area contributed by atoms with Crippen LogP contribution in [-0.4, -0.2) is 27.6 Å². The number of hydrogen-bond acceptors (Lipinski definition) is 5. The van der Waals surface area contributed by atoms with Crippen molar-refractivity contribution in [2.45, 2.75) is 26.2 Å². The SMILES string of the molecule is CCCCNC(=O)Cc1noc(-c2cncc3ccccc23)n1. The number of unbranched alkanes of at least 4 members (excludes halogenated alkanes) is 1. The maximum atomic E-state index is 11.8. The smallest absolute Gasteiger partial charge is 0.260 e. The van der Waals surface area contributed by atoms with E-state index in [1.165, 1.54) is 0 Å². The number of rotatable bonds is 6. The van der Waals surface area contributed by atoms with E-state index in [0.29, 0.717) is 18.3 Å². The summed E-state index contributed by atoms with van der Waals surface area (Å²) in [5.74, 6) is 0.662. The van der Waals surface area contributed by atoms with E-state index < -0.39 is 0 Å². The predicted molar refractivity (Wildman–Crippen MR) is 86.7 cm³/mol. The summed E-state index contributed by atoms with van der Waals surface area (Å²) in [5.41, 5.74) is 0.772. The van der Waals surface area contributed by atoms with E-state index >= 15 is 0 Å². The number of pyridine rings is 1. The third kappa shape index (κ3) is 3.53. The van der Waals surface area contributed by atoms with E-state index in [-0.39, 0.29) is 12.3 Å². The number of carbonyl (C=O) groups excluding carboxylic acids is 1. The van der Waals surface area contributed by atoms with Gasteiger partial charge in [0.1, 0.15) is 0 Å². The molecule has 3 rings (SSSR count). The molecule has 0 unspecified atom stereocenters. The van der Waals surface area contributed by atoms with Crippen molar-refractivity contribution in [1.82, 2.24) is 20.4 Å². The molecule has 0 aliphatic rings. The topological polar surface area (TPSA) is 80.9 Å². The molecule has 0 spiro atoms. The average molecular weight is 310 g/mol. The van der Waals surface area contributed by atoms with Crippen molar-refractivity contribution in [1.29, 1.82) is 0 Å². The van der Waals surface area contributed by atoms with Crippen molar-refractivity contribution in [2.24, 2.45) is 0 Å². The van der Waals surface area contributed by atoms with Gasteiger partial charge in [-0.3, -0.25) is 9.78 Å². The summed E-state index contributed by atoms with van der Waals surface area (Å²) < 4.78 is 5.30. The van der Waals surface area contributed by atoms with Crippen molar-refractivity contribution >= 4 is 16.7 Å². The fourth-order valence-electron chi connectivity index (χ4n) is 2.33. The molecule has 6 nitrogen and oxygen atoms in total. The molecule has 0 atom stereocenters. The Morgan fingerprint density at radius 2 is 2.13 bits per heavy atom. The molecule has 23 heavy (non-hydrogen) atoms. The second-order valence-electron chi connectivity index (χ2n) is 5.30. The Bertz CT molecular complexity index is 808. The average Bonchev–Trinajstić information content (AvgIpc) is 3.03. The van der Waals surface area contributed by atoms with E-state index in [9.17, 15) is 4.79 Å². The van der Waals surface area contributed by atoms with Gasteiger partial charge in [0.2, 0.25) is 5.91 Å². The van der Waals surface area contributed by atoms with Crippen LogP contribution in [0.5, 0.6) is 0 Å². The van der Waals surface area contributed by atoms with Crippen molar-refractivity contribution in [2.75, 3.05) is 6.54 Å². The van der Waals surface area contributed by atoms with Crippen molar-refractivity contribution in [3.63, 3.8) is 0 Å². The fraction of sp³-hybridized carbons (Fsp3) is 0.294. The summed E-state index contributed by atoms with van der Waals surface area (Å²) in [6, 6.07) is 7.86. The monoisotopic (exact) mass is 310 g/mol. The van der Waals surface area contributed by atoms with Gasteiger partial charge in [-0.2, -0.15) is 4.98 Å². The number of aromatic nitrogens is 3. The van der Waals surface area contributed by atoms with Gasteiger partial charge in [0.05, 0.1) is 12.0 Å². The van der Waals surface area contributed by atoms with Gasteiger partial charge in [-0.1, -0.05) is 42.8 Å². The zero-order valence-corrected chi connectivity index (χ0v) is 13.0. The molecule has 1 aromatic carbocycles. The molecule has 0 fully saturated rings. The highest BCUT2D eigenvalue weighted by atomic mass is 16.5. The van der Waals surface area contributed by atoms with E-state index in [0.717, 1.165) is 29.2 Å². The van der Waals surface area contributed by atoms with Crippen molar-refractivity contribution < 1.29 is 9.32 Å². The maximum Gasteiger partial charge on any atom is 0.260 e. The van der Waals surface area contributed by atoms with Crippen molar-refractivity contribution in [3.8, 4) is 11.5 Å². The quantitative estimate of drug-likeness (QED) is 0.708. The van der Waals surface area contributed by atoms with E-state index in [4.69, 9.17) is 4.52 Å². The van der Waals surface area contributed by atoms with Crippen LogP contribution in [0.25, 0.3) is 22.2 Å². The van der Waals surface area contributed by atoms with E-state index in [2.05, 4.69) is 27.4 Å². The Balaban J connectivity index is 1.77. The van der Waals surface area contributed by atoms with Gasteiger partial charge < -0.3 is 9.84 Å². The van der Waals surface area contributed by atoms with Gasteiger partial charge in [-0.15, -0.1) is 0 Å². The standard InChI is InChI=1S/C17H18N4O2/c1-2-3-8-19-16(22)9-15-20-17(23-21-15)14-11-18-10-12-6-4-5-7-13(12)14/h4-7,10-11H,2-3,8-9H2,1H3,(H,19,22). The Morgan fingerprint density at radius 3 is 3.00 bits per heavy atom. The molecule has 2 aromatic heterocycles. The van der Waals surface area contributed by atoms with Crippen LogP contribution in [0.4, 0.5) is 0 Å². The second-order valence-corrected chi connectivity index (χ2v) is 5.30. The Hall–Kier alpha value is -2.76. The molecular formula is C17H18N4O2. The van der Waals surface area contributed by atoms with Gasteiger partial charge in [-0.25, -0.2) is 0 Å². The van der Waals surface area contributed by atoms with Gasteiger partial charge in [0, 0.05) is 24.3 Å². The molecule has 2 heterocycles. The summed E-state index contributed by atoms with van der Waals surface area (Å²) in [5, 5.41) is 8.72. The molecule has 1 N–H and O–H groups in total. The van der Waals surface area contributed by atoms with Gasteiger partial charge in [0.25, 0.3) is 5.89 Å². The molecule has 0 aliphatic heterocycles. The second kappa shape index (κ2) is 7.00. The van der Waals surface area contributed by atoms with Gasteiger partial charge >= 0.3 is 0 Å². The minimum Gasteiger partial charge on any atom is -0.356 e. The van der Waals surface area contributed by atoms with Crippen LogP contribution in [0, 0.1) is 0 Å². The lowest BCUT2D eigenvalue weighted by atomic mass is 10.1. The largest absolute Gasteiger partial charge is 0.356 e. The zero-order chi connectivity index (χ0) is 16.1. The molecule has 6 heteroatoms. The minimum atomic E-state index is -0.0955. The first-order valence-electron chi connectivity index (χ1n) is 7.70. The number of carbonyl (C=O) groups is 1. The third-order valence-electron chi connectivity index (χ3n) is 3.54. The number of nitrogens with one attached hydrogen (secondary N) is 1. The van der Waals surface area contributed by atoms with E-state index in [1.807, 2.05) is 24.3 Å². The molecule has 3 aromatic rings. The summed E-state index contributed by atoms with van der Waals surface area (Å²) >= 11 is 0. The highest BCUT2D eigenvalue weighted by Crippen LogP contribution is 2.26. The van der Waals surface area contributed by atoms with Crippen LogP contribution in [0.15, 0.2) is 41.2 Å². The van der Waals surface area contributed by atoms with Crippen LogP contribution in [0.2, 0.25) is 0 Å². The molecule has 0 aliphatic carbocycles. The fourth-order valence-corrected chi connectivity index (χ4v) is 2.33. The van der Waals surface area contributed by atoms with Crippen LogP contribution in [0.3, 0.4) is 0 Å².